The van der Waals surface area contributed by atoms with E-state index >= 15 is 0 Å². The lowest BCUT2D eigenvalue weighted by Gasteiger charge is -2.25. The third kappa shape index (κ3) is 24.6. The predicted octanol–water partition coefficient (Wildman–Crippen LogP) is 8.68. The number of rotatable bonds is 10. The Kier molecular flexibility index (Phi) is 30.4. The summed E-state index contributed by atoms with van der Waals surface area (Å²) in [6.45, 7) is 25.6. The van der Waals surface area contributed by atoms with Crippen LogP contribution in [0.4, 0.5) is 5.69 Å². The highest BCUT2D eigenvalue weighted by Gasteiger charge is 2.13. The van der Waals surface area contributed by atoms with Crippen LogP contribution in [0.3, 0.4) is 0 Å². The fraction of sp³-hybridized carbons (Fsp3) is 0.371. The molecule has 5 heteroatoms. The van der Waals surface area contributed by atoms with Crippen molar-refractivity contribution in [3.8, 4) is 0 Å². The summed E-state index contributed by atoms with van der Waals surface area (Å²) in [7, 11) is 2.13. The molecule has 1 amide bonds. The maximum absolute atomic E-state index is 11.9. The lowest BCUT2D eigenvalue weighted by molar-refractivity contribution is -0.119. The van der Waals surface area contributed by atoms with E-state index in [-0.39, 0.29) is 12.5 Å². The number of para-hydroxylation sites is 1. The topological polar surface area (TPSA) is 59.4 Å². The third-order valence-corrected chi connectivity index (χ3v) is 4.52. The standard InChI is InChI=1S/C17H22N2O.C10H15N.C3H7N.C3H6.C2H6/c1-4-10-15(11-5-2)19(14-17(20)18-6-3)16-12-8-7-9-13-16;1-3-11(2)9-10-7-5-4-6-8-10;1-3(2)4;1-3-2;1-2/h4-5,7-13H,1,6,14H2,2-3H3,(H,18,20);4-8H,3,9H2,1-2H3;4H,1-2H3;3H,1H2,2H3;1-2H3/b11-5-,15-10+;;;;. The summed E-state index contributed by atoms with van der Waals surface area (Å²) in [5, 5.41) is 9.33. The first kappa shape index (κ1) is 40.8. The van der Waals surface area contributed by atoms with Crippen molar-refractivity contribution in [2.24, 2.45) is 0 Å². The van der Waals surface area contributed by atoms with E-state index < -0.39 is 0 Å². The molecular weight excluding hydrogens is 492 g/mol. The first-order valence-corrected chi connectivity index (χ1v) is 14.1. The highest BCUT2D eigenvalue weighted by atomic mass is 16.2. The van der Waals surface area contributed by atoms with Crippen LogP contribution in [0, 0.1) is 5.41 Å². The van der Waals surface area contributed by atoms with Crippen LogP contribution in [-0.2, 0) is 11.3 Å². The van der Waals surface area contributed by atoms with Crippen molar-refractivity contribution in [2.45, 2.75) is 61.9 Å². The molecule has 5 nitrogen and oxygen atoms in total. The second-order valence-corrected chi connectivity index (χ2v) is 8.43. The average Bonchev–Trinajstić information content (AvgIpc) is 2.94. The van der Waals surface area contributed by atoms with Crippen LogP contribution < -0.4 is 10.2 Å². The van der Waals surface area contributed by atoms with Gasteiger partial charge in [0.05, 0.1) is 0 Å². The number of amides is 1. The molecule has 0 bridgehead atoms. The summed E-state index contributed by atoms with van der Waals surface area (Å²) in [4.78, 5) is 16.2. The van der Waals surface area contributed by atoms with E-state index in [2.05, 4.69) is 67.7 Å². The van der Waals surface area contributed by atoms with Gasteiger partial charge in [0.1, 0.15) is 6.54 Å². The molecule has 0 aromatic heterocycles. The normalized spacial score (nSPS) is 9.70. The second kappa shape index (κ2) is 29.9. The minimum absolute atomic E-state index is 0.00387. The molecule has 2 rings (SSSR count). The Morgan fingerprint density at radius 3 is 1.82 bits per heavy atom. The van der Waals surface area contributed by atoms with E-state index in [4.69, 9.17) is 5.41 Å². The number of benzene rings is 2. The molecule has 0 atom stereocenters. The fourth-order valence-electron chi connectivity index (χ4n) is 2.87. The maximum Gasteiger partial charge on any atom is 0.239 e. The summed E-state index contributed by atoms with van der Waals surface area (Å²) in [6, 6.07) is 20.4. The monoisotopic (exact) mass is 548 g/mol. The number of carbonyl (C=O) groups excluding carboxylic acids is 1. The van der Waals surface area contributed by atoms with E-state index in [0.29, 0.717) is 12.3 Å². The number of anilines is 1. The maximum atomic E-state index is 11.9. The minimum Gasteiger partial charge on any atom is -0.355 e. The Hall–Kier alpha value is -3.70. The van der Waals surface area contributed by atoms with Gasteiger partial charge in [0, 0.05) is 30.2 Å². The van der Waals surface area contributed by atoms with Crippen LogP contribution >= 0.6 is 0 Å². The zero-order chi connectivity index (χ0) is 31.2. The molecule has 0 saturated carbocycles. The first-order chi connectivity index (χ1) is 19.2. The Balaban J connectivity index is -0.000000571. The van der Waals surface area contributed by atoms with E-state index in [1.807, 2.05) is 88.1 Å². The smallest absolute Gasteiger partial charge is 0.239 e. The van der Waals surface area contributed by atoms with Crippen molar-refractivity contribution < 1.29 is 4.79 Å². The van der Waals surface area contributed by atoms with Gasteiger partial charge in [-0.2, -0.15) is 0 Å². The minimum atomic E-state index is -0.00387. The lowest BCUT2D eigenvalue weighted by atomic mass is 10.2. The summed E-state index contributed by atoms with van der Waals surface area (Å²) < 4.78 is 0. The number of likely N-dealkylation sites (N-methyl/N-ethyl adjacent to an activating group) is 1. The van der Waals surface area contributed by atoms with Crippen molar-refractivity contribution in [1.29, 1.82) is 5.41 Å². The average molecular weight is 549 g/mol. The Labute approximate surface area is 246 Å². The molecule has 0 saturated heterocycles. The molecule has 0 radical (unpaired) electrons. The van der Waals surface area contributed by atoms with Crippen molar-refractivity contribution in [2.75, 3.05) is 31.6 Å². The van der Waals surface area contributed by atoms with Gasteiger partial charge in [-0.05, 0) is 78.1 Å². The summed E-state index contributed by atoms with van der Waals surface area (Å²) >= 11 is 0. The molecule has 0 unspecified atom stereocenters. The highest BCUT2D eigenvalue weighted by molar-refractivity contribution is 5.82. The van der Waals surface area contributed by atoms with E-state index in [0.717, 1.165) is 24.5 Å². The summed E-state index contributed by atoms with van der Waals surface area (Å²) in [6.07, 6.45) is 9.28. The molecule has 0 aliphatic rings. The lowest BCUT2D eigenvalue weighted by Crippen LogP contribution is -2.36. The molecule has 2 aromatic rings. The number of carbonyl (C=O) groups is 1. The van der Waals surface area contributed by atoms with Crippen LogP contribution in [0.25, 0.3) is 0 Å². The van der Waals surface area contributed by atoms with Gasteiger partial charge in [0.15, 0.2) is 0 Å². The Morgan fingerprint density at radius 1 is 0.950 bits per heavy atom. The van der Waals surface area contributed by atoms with Crippen LogP contribution in [0.1, 0.15) is 61.0 Å². The van der Waals surface area contributed by atoms with Gasteiger partial charge in [0.25, 0.3) is 0 Å². The fourth-order valence-corrected chi connectivity index (χ4v) is 2.87. The van der Waals surface area contributed by atoms with Crippen molar-refractivity contribution in [3.05, 3.63) is 115 Å². The molecule has 0 spiro atoms. The highest BCUT2D eigenvalue weighted by Crippen LogP contribution is 2.19. The third-order valence-electron chi connectivity index (χ3n) is 4.52. The second-order valence-electron chi connectivity index (χ2n) is 8.43. The Morgan fingerprint density at radius 2 is 1.43 bits per heavy atom. The molecule has 2 aromatic carbocycles. The first-order valence-electron chi connectivity index (χ1n) is 14.1. The van der Waals surface area contributed by atoms with Crippen molar-refractivity contribution >= 4 is 17.3 Å². The quantitative estimate of drug-likeness (QED) is 0.177. The zero-order valence-electron chi connectivity index (χ0n) is 26.7. The predicted molar refractivity (Wildman–Crippen MR) is 180 cm³/mol. The van der Waals surface area contributed by atoms with Crippen LogP contribution in [0.15, 0.2) is 110 Å². The number of hydrogen-bond donors (Lipinski definition) is 2. The van der Waals surface area contributed by atoms with Gasteiger partial charge in [-0.25, -0.2) is 0 Å². The number of nitrogens with zero attached hydrogens (tertiary/aromatic N) is 2. The molecule has 0 heterocycles. The van der Waals surface area contributed by atoms with E-state index in [1.54, 1.807) is 26.0 Å². The van der Waals surface area contributed by atoms with Crippen molar-refractivity contribution in [3.63, 3.8) is 0 Å². The largest absolute Gasteiger partial charge is 0.355 e. The van der Waals surface area contributed by atoms with Gasteiger partial charge in [0.2, 0.25) is 5.91 Å². The van der Waals surface area contributed by atoms with Gasteiger partial charge in [-0.3, -0.25) is 4.79 Å². The van der Waals surface area contributed by atoms with Crippen LogP contribution in [-0.4, -0.2) is 43.2 Å². The SMILES string of the molecule is C=C/C=C(\C=C/C)N(CC(=O)NCC)c1ccccc1.C=CC.CC.CC(C)=N.CCN(C)Cc1ccccc1. The van der Waals surface area contributed by atoms with Gasteiger partial charge < -0.3 is 20.5 Å². The Bertz CT molecular complexity index is 946. The molecule has 0 fully saturated rings. The van der Waals surface area contributed by atoms with E-state index in [1.165, 1.54) is 5.56 Å². The summed E-state index contributed by atoms with van der Waals surface area (Å²) in [5.74, 6) is -0.00387. The number of hydrogen-bond acceptors (Lipinski definition) is 4. The van der Waals surface area contributed by atoms with Crippen LogP contribution in [0.5, 0.6) is 0 Å². The molecule has 222 valence electrons. The van der Waals surface area contributed by atoms with E-state index in [9.17, 15) is 4.79 Å². The van der Waals surface area contributed by atoms with Crippen LogP contribution in [0.2, 0.25) is 0 Å². The summed E-state index contributed by atoms with van der Waals surface area (Å²) in [5.41, 5.74) is 3.96. The molecule has 2 N–H and O–H groups in total. The van der Waals surface area contributed by atoms with Gasteiger partial charge >= 0.3 is 0 Å². The number of allylic oxidation sites excluding steroid dienone is 5. The molecule has 0 aliphatic carbocycles. The zero-order valence-corrected chi connectivity index (χ0v) is 26.7. The molecular formula is C35H56N4O. The van der Waals surface area contributed by atoms with Gasteiger partial charge in [-0.1, -0.05) is 94.1 Å². The van der Waals surface area contributed by atoms with Gasteiger partial charge in [-0.15, -0.1) is 6.58 Å². The van der Waals surface area contributed by atoms with Crippen molar-refractivity contribution in [1.82, 2.24) is 10.2 Å². The molecule has 40 heavy (non-hydrogen) atoms. The molecule has 0 aliphatic heterocycles. The number of nitrogens with one attached hydrogen (secondary N) is 2.